The summed E-state index contributed by atoms with van der Waals surface area (Å²) in [4.78, 5) is 15.9. The van der Waals surface area contributed by atoms with Crippen LogP contribution in [0.25, 0.3) is 0 Å². The second kappa shape index (κ2) is 3.88. The number of aryl methyl sites for hydroxylation is 1. The molecule has 5 heteroatoms. The first-order valence-corrected chi connectivity index (χ1v) is 4.82. The van der Waals surface area contributed by atoms with Crippen molar-refractivity contribution in [2.45, 2.75) is 19.9 Å². The molecule has 0 radical (unpaired) electrons. The first kappa shape index (κ1) is 9.33. The lowest BCUT2D eigenvalue weighted by molar-refractivity contribution is 0.0884. The molecule has 5 nitrogen and oxygen atoms in total. The minimum absolute atomic E-state index is 0.0236. The quantitative estimate of drug-likeness (QED) is 0.660. The Morgan fingerprint density at radius 2 is 2.64 bits per heavy atom. The predicted molar refractivity (Wildman–Crippen MR) is 49.0 cm³/mol. The summed E-state index contributed by atoms with van der Waals surface area (Å²) in [6.07, 6.45) is 2.22. The molecule has 14 heavy (non-hydrogen) atoms. The highest BCUT2D eigenvalue weighted by atomic mass is 16.5. The fourth-order valence-corrected chi connectivity index (χ4v) is 1.61. The lowest BCUT2D eigenvalue weighted by Gasteiger charge is -2.05. The molecule has 1 aromatic heterocycles. The number of ether oxygens (including phenoxy) is 1. The van der Waals surface area contributed by atoms with Gasteiger partial charge in [-0.1, -0.05) is 0 Å². The molecule has 0 spiro atoms. The van der Waals surface area contributed by atoms with E-state index in [4.69, 9.17) is 4.74 Å². The summed E-state index contributed by atoms with van der Waals surface area (Å²) in [5.41, 5.74) is 0. The second-order valence-electron chi connectivity index (χ2n) is 3.32. The van der Waals surface area contributed by atoms with Crippen LogP contribution < -0.4 is 0 Å². The maximum atomic E-state index is 11.9. The topological polar surface area (TPSA) is 57.0 Å². The highest BCUT2D eigenvalue weighted by Crippen LogP contribution is 2.16. The smallest absolute Gasteiger partial charge is 0.205 e. The van der Waals surface area contributed by atoms with E-state index in [1.165, 1.54) is 6.33 Å². The van der Waals surface area contributed by atoms with Gasteiger partial charge in [-0.3, -0.25) is 4.79 Å². The molecule has 1 fully saturated rings. The van der Waals surface area contributed by atoms with Gasteiger partial charge in [0.05, 0.1) is 12.5 Å². The van der Waals surface area contributed by atoms with Gasteiger partial charge in [0, 0.05) is 13.2 Å². The Hall–Kier alpha value is -1.23. The third-order valence-electron chi connectivity index (χ3n) is 2.44. The molecule has 1 aliphatic heterocycles. The third kappa shape index (κ3) is 1.55. The van der Waals surface area contributed by atoms with E-state index in [0.29, 0.717) is 25.6 Å². The van der Waals surface area contributed by atoms with E-state index < -0.39 is 0 Å². The summed E-state index contributed by atoms with van der Waals surface area (Å²) < 4.78 is 6.80. The Bertz CT molecular complexity index is 329. The Labute approximate surface area is 82.1 Å². The van der Waals surface area contributed by atoms with Gasteiger partial charge in [0.2, 0.25) is 5.78 Å². The van der Waals surface area contributed by atoms with Crippen LogP contribution in [0, 0.1) is 5.92 Å². The van der Waals surface area contributed by atoms with Gasteiger partial charge in [-0.25, -0.2) is 9.67 Å². The van der Waals surface area contributed by atoms with E-state index in [1.807, 2.05) is 6.92 Å². The van der Waals surface area contributed by atoms with Crippen LogP contribution >= 0.6 is 0 Å². The van der Waals surface area contributed by atoms with Gasteiger partial charge in [-0.05, 0) is 13.3 Å². The second-order valence-corrected chi connectivity index (χ2v) is 3.32. The van der Waals surface area contributed by atoms with Crippen molar-refractivity contribution in [2.75, 3.05) is 13.2 Å². The third-order valence-corrected chi connectivity index (χ3v) is 2.44. The molecular formula is C9H13N3O2. The minimum atomic E-state index is -0.0236. The van der Waals surface area contributed by atoms with Gasteiger partial charge in [0.25, 0.3) is 0 Å². The molecule has 1 unspecified atom stereocenters. The van der Waals surface area contributed by atoms with Crippen LogP contribution in [0.5, 0.6) is 0 Å². The van der Waals surface area contributed by atoms with Gasteiger partial charge in [-0.15, -0.1) is 0 Å². The van der Waals surface area contributed by atoms with E-state index in [1.54, 1.807) is 4.68 Å². The molecular weight excluding hydrogens is 182 g/mol. The van der Waals surface area contributed by atoms with Crippen molar-refractivity contribution in [2.24, 2.45) is 5.92 Å². The summed E-state index contributed by atoms with van der Waals surface area (Å²) in [5.74, 6) is 0.495. The van der Waals surface area contributed by atoms with Gasteiger partial charge in [-0.2, -0.15) is 5.10 Å². The van der Waals surface area contributed by atoms with Crippen molar-refractivity contribution in [3.05, 3.63) is 12.2 Å². The molecule has 1 saturated heterocycles. The molecule has 0 saturated carbocycles. The van der Waals surface area contributed by atoms with E-state index in [0.717, 1.165) is 6.42 Å². The summed E-state index contributed by atoms with van der Waals surface area (Å²) in [6.45, 7) is 3.82. The van der Waals surface area contributed by atoms with E-state index in [-0.39, 0.29) is 11.7 Å². The first-order valence-electron chi connectivity index (χ1n) is 4.82. The van der Waals surface area contributed by atoms with Crippen LogP contribution in [0.3, 0.4) is 0 Å². The summed E-state index contributed by atoms with van der Waals surface area (Å²) in [5, 5.41) is 3.97. The number of carbonyl (C=O) groups is 1. The molecule has 2 rings (SSSR count). The molecule has 1 aromatic rings. The van der Waals surface area contributed by atoms with Crippen LogP contribution in [0.4, 0.5) is 0 Å². The SMILES string of the molecule is CCn1ncnc1C(=O)C1CCOC1. The summed E-state index contributed by atoms with van der Waals surface area (Å²) in [7, 11) is 0. The normalized spacial score (nSPS) is 21.4. The lowest BCUT2D eigenvalue weighted by Crippen LogP contribution is -2.20. The highest BCUT2D eigenvalue weighted by molar-refractivity contribution is 5.94. The predicted octanol–water partition coefficient (Wildman–Crippen LogP) is 0.517. The zero-order valence-electron chi connectivity index (χ0n) is 8.14. The largest absolute Gasteiger partial charge is 0.381 e. The van der Waals surface area contributed by atoms with Crippen molar-refractivity contribution < 1.29 is 9.53 Å². The Morgan fingerprint density at radius 1 is 1.79 bits per heavy atom. The number of hydrogen-bond donors (Lipinski definition) is 0. The van der Waals surface area contributed by atoms with Crippen molar-refractivity contribution in [3.63, 3.8) is 0 Å². The summed E-state index contributed by atoms with van der Waals surface area (Å²) in [6, 6.07) is 0. The Morgan fingerprint density at radius 3 is 3.29 bits per heavy atom. The van der Waals surface area contributed by atoms with Crippen molar-refractivity contribution in [3.8, 4) is 0 Å². The minimum Gasteiger partial charge on any atom is -0.381 e. The first-order chi connectivity index (χ1) is 6.83. The Kier molecular flexibility index (Phi) is 2.58. The van der Waals surface area contributed by atoms with Crippen LogP contribution in [-0.4, -0.2) is 33.8 Å². The van der Waals surface area contributed by atoms with Crippen LogP contribution in [-0.2, 0) is 11.3 Å². The number of hydrogen-bond acceptors (Lipinski definition) is 4. The fourth-order valence-electron chi connectivity index (χ4n) is 1.61. The monoisotopic (exact) mass is 195 g/mol. The van der Waals surface area contributed by atoms with Crippen molar-refractivity contribution in [1.29, 1.82) is 0 Å². The maximum absolute atomic E-state index is 11.9. The van der Waals surface area contributed by atoms with Gasteiger partial charge < -0.3 is 4.74 Å². The lowest BCUT2D eigenvalue weighted by atomic mass is 10.0. The molecule has 0 N–H and O–H groups in total. The maximum Gasteiger partial charge on any atom is 0.205 e. The van der Waals surface area contributed by atoms with E-state index >= 15 is 0 Å². The average Bonchev–Trinajstić information content (AvgIpc) is 2.87. The molecule has 0 bridgehead atoms. The van der Waals surface area contributed by atoms with E-state index in [2.05, 4.69) is 10.1 Å². The number of Topliss-reactive ketones (excluding diaryl/α,β-unsaturated/α-hetero) is 1. The molecule has 2 heterocycles. The van der Waals surface area contributed by atoms with E-state index in [9.17, 15) is 4.79 Å². The highest BCUT2D eigenvalue weighted by Gasteiger charge is 2.27. The number of rotatable bonds is 3. The Balaban J connectivity index is 2.17. The zero-order chi connectivity index (χ0) is 9.97. The number of nitrogens with zero attached hydrogens (tertiary/aromatic N) is 3. The molecule has 0 aliphatic carbocycles. The molecule has 0 amide bonds. The molecule has 0 aromatic carbocycles. The average molecular weight is 195 g/mol. The van der Waals surface area contributed by atoms with Gasteiger partial charge in [0.15, 0.2) is 5.82 Å². The van der Waals surface area contributed by atoms with Crippen molar-refractivity contribution >= 4 is 5.78 Å². The van der Waals surface area contributed by atoms with Crippen LogP contribution in [0.1, 0.15) is 24.0 Å². The number of carbonyl (C=O) groups excluding carboxylic acids is 1. The van der Waals surface area contributed by atoms with Crippen molar-refractivity contribution in [1.82, 2.24) is 14.8 Å². The standard InChI is InChI=1S/C9H13N3O2/c1-2-12-9(10-6-11-12)8(13)7-3-4-14-5-7/h6-7H,2-5H2,1H3. The number of ketones is 1. The summed E-state index contributed by atoms with van der Waals surface area (Å²) >= 11 is 0. The fraction of sp³-hybridized carbons (Fsp3) is 0.667. The van der Waals surface area contributed by atoms with Gasteiger partial charge >= 0.3 is 0 Å². The van der Waals surface area contributed by atoms with Crippen LogP contribution in [0.2, 0.25) is 0 Å². The van der Waals surface area contributed by atoms with Gasteiger partial charge in [0.1, 0.15) is 6.33 Å². The van der Waals surface area contributed by atoms with Crippen LogP contribution in [0.15, 0.2) is 6.33 Å². The molecule has 76 valence electrons. The molecule has 1 aliphatic rings. The number of aromatic nitrogens is 3. The molecule has 1 atom stereocenters. The zero-order valence-corrected chi connectivity index (χ0v) is 8.14.